The summed E-state index contributed by atoms with van der Waals surface area (Å²) in [4.78, 5) is 27.5. The molecule has 1 atom stereocenters. The summed E-state index contributed by atoms with van der Waals surface area (Å²) >= 11 is 0. The first-order chi connectivity index (χ1) is 12.2. The van der Waals surface area contributed by atoms with E-state index in [0.29, 0.717) is 19.6 Å². The maximum atomic E-state index is 11.9. The Labute approximate surface area is 148 Å². The molecule has 0 N–H and O–H groups in total. The zero-order valence-corrected chi connectivity index (χ0v) is 14.6. The lowest BCUT2D eigenvalue weighted by molar-refractivity contribution is -0.151. The number of amides is 1. The summed E-state index contributed by atoms with van der Waals surface area (Å²) in [5.41, 5.74) is 1.27. The first-order valence-electron chi connectivity index (χ1n) is 9.02. The first-order valence-corrected chi connectivity index (χ1v) is 9.02. The van der Waals surface area contributed by atoms with Crippen LogP contribution in [0.15, 0.2) is 30.3 Å². The Hall–Kier alpha value is -1.92. The van der Waals surface area contributed by atoms with E-state index in [9.17, 15) is 9.59 Å². The maximum absolute atomic E-state index is 11.9. The number of likely N-dealkylation sites (tertiary alicyclic amines) is 1. The van der Waals surface area contributed by atoms with Crippen molar-refractivity contribution in [2.24, 2.45) is 0 Å². The average Bonchev–Trinajstić information content (AvgIpc) is 3.04. The van der Waals surface area contributed by atoms with Gasteiger partial charge in [-0.1, -0.05) is 30.3 Å². The Bertz CT molecular complexity index is 578. The fourth-order valence-electron chi connectivity index (χ4n) is 3.29. The predicted molar refractivity (Wildman–Crippen MR) is 92.8 cm³/mol. The monoisotopic (exact) mass is 346 g/mol. The van der Waals surface area contributed by atoms with E-state index in [0.717, 1.165) is 32.6 Å². The molecule has 0 bridgehead atoms. The standard InChI is InChI=1S/C19H26N2O4/c22-18-7-4-9-21(18)10-8-19(23)25-15-17-14-20(11-12-24-17)13-16-5-2-1-3-6-16/h1-3,5-6,17H,4,7-15H2/t17-/m0/s1. The van der Waals surface area contributed by atoms with E-state index in [1.165, 1.54) is 5.56 Å². The summed E-state index contributed by atoms with van der Waals surface area (Å²) in [6, 6.07) is 10.3. The molecule has 1 aromatic carbocycles. The number of morpholine rings is 1. The van der Waals surface area contributed by atoms with Crippen LogP contribution < -0.4 is 0 Å². The van der Waals surface area contributed by atoms with Gasteiger partial charge < -0.3 is 14.4 Å². The van der Waals surface area contributed by atoms with Crippen molar-refractivity contribution in [3.63, 3.8) is 0 Å². The Morgan fingerprint density at radius 1 is 1.24 bits per heavy atom. The van der Waals surface area contributed by atoms with Crippen molar-refractivity contribution in [3.8, 4) is 0 Å². The molecule has 0 unspecified atom stereocenters. The van der Waals surface area contributed by atoms with Crippen molar-refractivity contribution in [1.29, 1.82) is 0 Å². The molecule has 1 aromatic rings. The molecule has 2 aliphatic rings. The van der Waals surface area contributed by atoms with Crippen LogP contribution in [0.1, 0.15) is 24.8 Å². The molecule has 2 saturated heterocycles. The van der Waals surface area contributed by atoms with Gasteiger partial charge >= 0.3 is 5.97 Å². The minimum atomic E-state index is -0.261. The largest absolute Gasteiger partial charge is 0.463 e. The van der Waals surface area contributed by atoms with E-state index in [4.69, 9.17) is 9.47 Å². The molecule has 3 rings (SSSR count). The molecule has 6 heteroatoms. The van der Waals surface area contributed by atoms with Gasteiger partial charge in [-0.15, -0.1) is 0 Å². The molecule has 0 saturated carbocycles. The van der Waals surface area contributed by atoms with Gasteiger partial charge in [-0.3, -0.25) is 14.5 Å². The average molecular weight is 346 g/mol. The molecule has 0 aliphatic carbocycles. The second-order valence-electron chi connectivity index (χ2n) is 6.63. The zero-order chi connectivity index (χ0) is 17.5. The molecule has 2 heterocycles. The number of rotatable bonds is 7. The van der Waals surface area contributed by atoms with Crippen molar-refractivity contribution < 1.29 is 19.1 Å². The van der Waals surface area contributed by atoms with E-state index < -0.39 is 0 Å². The Morgan fingerprint density at radius 3 is 2.84 bits per heavy atom. The Kier molecular flexibility index (Phi) is 6.42. The summed E-state index contributed by atoms with van der Waals surface area (Å²) in [7, 11) is 0. The third-order valence-corrected chi connectivity index (χ3v) is 4.66. The highest BCUT2D eigenvalue weighted by Crippen LogP contribution is 2.12. The molecule has 0 spiro atoms. The summed E-state index contributed by atoms with van der Waals surface area (Å²) in [6.07, 6.45) is 1.66. The lowest BCUT2D eigenvalue weighted by Gasteiger charge is -2.32. The van der Waals surface area contributed by atoms with Gasteiger partial charge in [0.05, 0.1) is 13.0 Å². The number of esters is 1. The number of carbonyl (C=O) groups is 2. The molecular formula is C19H26N2O4. The minimum Gasteiger partial charge on any atom is -0.463 e. The Morgan fingerprint density at radius 2 is 2.08 bits per heavy atom. The van der Waals surface area contributed by atoms with E-state index in [1.807, 2.05) is 18.2 Å². The highest BCUT2D eigenvalue weighted by molar-refractivity contribution is 5.79. The van der Waals surface area contributed by atoms with Crippen molar-refractivity contribution >= 4 is 11.9 Å². The van der Waals surface area contributed by atoms with Gasteiger partial charge in [0, 0.05) is 39.1 Å². The van der Waals surface area contributed by atoms with Gasteiger partial charge in [0.1, 0.15) is 12.7 Å². The lowest BCUT2D eigenvalue weighted by Crippen LogP contribution is -2.44. The SMILES string of the molecule is O=C(CCN1CCCC1=O)OC[C@@H]1CN(Cc2ccccc2)CCO1. The fourth-order valence-corrected chi connectivity index (χ4v) is 3.29. The number of hydrogen-bond acceptors (Lipinski definition) is 5. The highest BCUT2D eigenvalue weighted by atomic mass is 16.6. The lowest BCUT2D eigenvalue weighted by atomic mass is 10.2. The smallest absolute Gasteiger partial charge is 0.307 e. The van der Waals surface area contributed by atoms with Crippen molar-refractivity contribution in [3.05, 3.63) is 35.9 Å². The zero-order valence-electron chi connectivity index (χ0n) is 14.6. The van der Waals surface area contributed by atoms with Gasteiger partial charge in [0.25, 0.3) is 0 Å². The summed E-state index contributed by atoms with van der Waals surface area (Å²) in [6.45, 7) is 4.67. The van der Waals surface area contributed by atoms with Crippen molar-refractivity contribution in [1.82, 2.24) is 9.80 Å². The van der Waals surface area contributed by atoms with E-state index in [2.05, 4.69) is 17.0 Å². The van der Waals surface area contributed by atoms with Crippen molar-refractivity contribution in [2.45, 2.75) is 31.9 Å². The van der Waals surface area contributed by atoms with Gasteiger partial charge in [-0.25, -0.2) is 0 Å². The second-order valence-corrected chi connectivity index (χ2v) is 6.63. The summed E-state index contributed by atoms with van der Waals surface area (Å²) < 4.78 is 11.1. The van der Waals surface area contributed by atoms with Gasteiger partial charge in [-0.05, 0) is 12.0 Å². The molecule has 1 amide bonds. The van der Waals surface area contributed by atoms with Gasteiger partial charge in [-0.2, -0.15) is 0 Å². The van der Waals surface area contributed by atoms with Crippen LogP contribution in [0.25, 0.3) is 0 Å². The molecule has 2 fully saturated rings. The Balaban J connectivity index is 1.36. The van der Waals surface area contributed by atoms with Crippen LogP contribution in [0.2, 0.25) is 0 Å². The first kappa shape index (κ1) is 17.9. The number of nitrogens with zero attached hydrogens (tertiary/aromatic N) is 2. The van der Waals surface area contributed by atoms with Crippen LogP contribution in [-0.2, 0) is 25.6 Å². The minimum absolute atomic E-state index is 0.0881. The van der Waals surface area contributed by atoms with E-state index in [1.54, 1.807) is 4.90 Å². The fraction of sp³-hybridized carbons (Fsp3) is 0.579. The van der Waals surface area contributed by atoms with Crippen LogP contribution in [0.4, 0.5) is 0 Å². The normalized spacial score (nSPS) is 21.5. The maximum Gasteiger partial charge on any atom is 0.307 e. The molecule has 0 aromatic heterocycles. The van der Waals surface area contributed by atoms with Crippen LogP contribution >= 0.6 is 0 Å². The predicted octanol–water partition coefficient (Wildman–Crippen LogP) is 1.44. The second kappa shape index (κ2) is 8.97. The molecule has 25 heavy (non-hydrogen) atoms. The quantitative estimate of drug-likeness (QED) is 0.699. The number of benzene rings is 1. The summed E-state index contributed by atoms with van der Waals surface area (Å²) in [5.74, 6) is -0.122. The molecule has 6 nitrogen and oxygen atoms in total. The number of hydrogen-bond donors (Lipinski definition) is 0. The number of ether oxygens (including phenoxy) is 2. The van der Waals surface area contributed by atoms with Crippen LogP contribution in [0.3, 0.4) is 0 Å². The third kappa shape index (κ3) is 5.54. The molecule has 2 aliphatic heterocycles. The molecule has 136 valence electrons. The van der Waals surface area contributed by atoms with E-state index in [-0.39, 0.29) is 31.0 Å². The third-order valence-electron chi connectivity index (χ3n) is 4.66. The highest BCUT2D eigenvalue weighted by Gasteiger charge is 2.23. The van der Waals surface area contributed by atoms with Crippen LogP contribution in [0, 0.1) is 0 Å². The number of carbonyl (C=O) groups excluding carboxylic acids is 2. The molecule has 0 radical (unpaired) electrons. The topological polar surface area (TPSA) is 59.1 Å². The van der Waals surface area contributed by atoms with E-state index >= 15 is 0 Å². The molecular weight excluding hydrogens is 320 g/mol. The van der Waals surface area contributed by atoms with Gasteiger partial charge in [0.2, 0.25) is 5.91 Å². The van der Waals surface area contributed by atoms with Crippen LogP contribution in [0.5, 0.6) is 0 Å². The summed E-state index contributed by atoms with van der Waals surface area (Å²) in [5, 5.41) is 0. The van der Waals surface area contributed by atoms with Crippen molar-refractivity contribution in [2.75, 3.05) is 39.4 Å². The van der Waals surface area contributed by atoms with Gasteiger partial charge in [0.15, 0.2) is 0 Å². The van der Waals surface area contributed by atoms with Crippen LogP contribution in [-0.4, -0.2) is 67.2 Å².